The predicted molar refractivity (Wildman–Crippen MR) is 135 cm³/mol. The van der Waals surface area contributed by atoms with Gasteiger partial charge in [0.25, 0.3) is 0 Å². The number of hydrogen-bond donors (Lipinski definition) is 0. The average Bonchev–Trinajstić information content (AvgIpc) is 2.72. The molecule has 6 nitrogen and oxygen atoms in total. The second kappa shape index (κ2) is 28.8. The van der Waals surface area contributed by atoms with E-state index in [0.717, 1.165) is 38.5 Å². The molecule has 0 atom stereocenters. The monoisotopic (exact) mass is 556 g/mol. The third kappa shape index (κ3) is 40.5. The Morgan fingerprint density at radius 3 is 0.514 bits per heavy atom. The van der Waals surface area contributed by atoms with E-state index in [9.17, 15) is 25.9 Å². The molecule has 0 N–H and O–H groups in total. The van der Waals surface area contributed by atoms with Crippen LogP contribution in [0.1, 0.15) is 148 Å². The normalized spacial score (nSPS) is 11.7. The van der Waals surface area contributed by atoms with Crippen LogP contribution in [0.4, 0.5) is 0 Å². The van der Waals surface area contributed by atoms with E-state index in [2.05, 4.69) is 0 Å². The summed E-state index contributed by atoms with van der Waals surface area (Å²) < 4.78 is 63.0. The van der Waals surface area contributed by atoms with Crippen LogP contribution < -0.4 is 59.1 Å². The molecule has 200 valence electrons. The van der Waals surface area contributed by atoms with Gasteiger partial charge >= 0.3 is 59.1 Å². The van der Waals surface area contributed by atoms with Crippen molar-refractivity contribution in [3.63, 3.8) is 0 Å². The average molecular weight is 557 g/mol. The Labute approximate surface area is 262 Å². The molecule has 0 bridgehead atoms. The van der Waals surface area contributed by atoms with Crippen molar-refractivity contribution in [2.75, 3.05) is 11.5 Å². The summed E-state index contributed by atoms with van der Waals surface area (Å²) in [5.74, 6) is -0.419. The van der Waals surface area contributed by atoms with Gasteiger partial charge in [-0.1, -0.05) is 135 Å². The zero-order valence-electron chi connectivity index (χ0n) is 22.9. The molecular formula is C25H50Na2O6S2. The molecule has 0 amide bonds. The molecule has 0 saturated carbocycles. The summed E-state index contributed by atoms with van der Waals surface area (Å²) in [6, 6.07) is 0. The molecule has 0 aliphatic rings. The van der Waals surface area contributed by atoms with Crippen LogP contribution in [0.15, 0.2) is 0 Å². The minimum absolute atomic E-state index is 0. The van der Waals surface area contributed by atoms with Gasteiger partial charge in [-0.3, -0.25) is 0 Å². The van der Waals surface area contributed by atoms with Gasteiger partial charge in [-0.05, 0) is 12.8 Å². The van der Waals surface area contributed by atoms with Crippen LogP contribution in [0.3, 0.4) is 0 Å². The van der Waals surface area contributed by atoms with Gasteiger partial charge in [0.15, 0.2) is 0 Å². The van der Waals surface area contributed by atoms with E-state index in [1.165, 1.54) is 96.3 Å². The van der Waals surface area contributed by atoms with E-state index in [1.807, 2.05) is 0 Å². The Balaban J connectivity index is -0.00000512. The van der Waals surface area contributed by atoms with Crippen LogP contribution in [0.5, 0.6) is 0 Å². The van der Waals surface area contributed by atoms with Crippen molar-refractivity contribution in [3.8, 4) is 0 Å². The summed E-state index contributed by atoms with van der Waals surface area (Å²) in [4.78, 5) is 0. The predicted octanol–water partition coefficient (Wildman–Crippen LogP) is 1.06. The molecule has 0 rings (SSSR count). The van der Waals surface area contributed by atoms with E-state index < -0.39 is 20.2 Å². The van der Waals surface area contributed by atoms with Crippen molar-refractivity contribution < 1.29 is 85.1 Å². The van der Waals surface area contributed by atoms with Crippen LogP contribution in [0.25, 0.3) is 0 Å². The van der Waals surface area contributed by atoms with E-state index in [4.69, 9.17) is 0 Å². The van der Waals surface area contributed by atoms with Crippen LogP contribution in [0.2, 0.25) is 0 Å². The Bertz CT molecular complexity index is 574. The molecule has 35 heavy (non-hydrogen) atoms. The Hall–Kier alpha value is 1.82. The van der Waals surface area contributed by atoms with Gasteiger partial charge < -0.3 is 9.11 Å². The second-order valence-corrected chi connectivity index (χ2v) is 12.7. The fraction of sp³-hybridized carbons (Fsp3) is 1.00. The van der Waals surface area contributed by atoms with E-state index in [1.54, 1.807) is 0 Å². The molecule has 0 aromatic carbocycles. The first-order valence-electron chi connectivity index (χ1n) is 13.6. The van der Waals surface area contributed by atoms with E-state index >= 15 is 0 Å². The summed E-state index contributed by atoms with van der Waals surface area (Å²) >= 11 is 0. The largest absolute Gasteiger partial charge is 1.00 e. The van der Waals surface area contributed by atoms with Gasteiger partial charge in [-0.15, -0.1) is 0 Å². The first kappa shape index (κ1) is 41.3. The fourth-order valence-corrected chi connectivity index (χ4v) is 5.39. The van der Waals surface area contributed by atoms with Crippen molar-refractivity contribution >= 4 is 20.2 Å². The Kier molecular flexibility index (Phi) is 34.0. The molecule has 0 aromatic rings. The summed E-state index contributed by atoms with van der Waals surface area (Å²) in [6.07, 6.45) is 26.8. The van der Waals surface area contributed by atoms with Gasteiger partial charge in [-0.2, -0.15) is 0 Å². The molecule has 0 unspecified atom stereocenters. The molecule has 0 spiro atoms. The van der Waals surface area contributed by atoms with Crippen molar-refractivity contribution in [1.82, 2.24) is 0 Å². The maximum atomic E-state index is 10.5. The zero-order valence-corrected chi connectivity index (χ0v) is 28.6. The maximum Gasteiger partial charge on any atom is 1.00 e. The minimum atomic E-state index is -4.02. The molecular weight excluding hydrogens is 506 g/mol. The second-order valence-electron chi connectivity index (χ2n) is 9.66. The third-order valence-electron chi connectivity index (χ3n) is 6.29. The van der Waals surface area contributed by atoms with Crippen molar-refractivity contribution in [1.29, 1.82) is 0 Å². The quantitative estimate of drug-likeness (QED) is 0.0894. The SMILES string of the molecule is O=S(=O)([O-])CCCCCCCCCCCCCCCCCCCCCCCCCS(=O)(=O)[O-].[Na+].[Na+]. The van der Waals surface area contributed by atoms with Crippen molar-refractivity contribution in [2.45, 2.75) is 148 Å². The zero-order chi connectivity index (χ0) is 24.7. The molecule has 0 fully saturated rings. The van der Waals surface area contributed by atoms with E-state index in [-0.39, 0.29) is 70.6 Å². The van der Waals surface area contributed by atoms with Gasteiger partial charge in [0.2, 0.25) is 0 Å². The first-order chi connectivity index (χ1) is 15.7. The molecule has 0 radical (unpaired) electrons. The minimum Gasteiger partial charge on any atom is -0.748 e. The molecule has 0 aliphatic carbocycles. The van der Waals surface area contributed by atoms with Crippen molar-refractivity contribution in [2.24, 2.45) is 0 Å². The summed E-state index contributed by atoms with van der Waals surface area (Å²) in [6.45, 7) is 0. The van der Waals surface area contributed by atoms with Crippen LogP contribution in [0, 0.1) is 0 Å². The van der Waals surface area contributed by atoms with Crippen LogP contribution in [-0.4, -0.2) is 37.4 Å². The summed E-state index contributed by atoms with van der Waals surface area (Å²) in [5, 5.41) is 0. The van der Waals surface area contributed by atoms with Gasteiger partial charge in [0.1, 0.15) is 0 Å². The van der Waals surface area contributed by atoms with Crippen molar-refractivity contribution in [3.05, 3.63) is 0 Å². The van der Waals surface area contributed by atoms with Crippen LogP contribution >= 0.6 is 0 Å². The fourth-order valence-electron chi connectivity index (χ4n) is 4.27. The first-order valence-corrected chi connectivity index (χ1v) is 16.7. The number of unbranched alkanes of at least 4 members (excludes halogenated alkanes) is 22. The third-order valence-corrected chi connectivity index (χ3v) is 7.87. The van der Waals surface area contributed by atoms with Gasteiger partial charge in [0, 0.05) is 11.5 Å². The van der Waals surface area contributed by atoms with Gasteiger partial charge in [0.05, 0.1) is 20.2 Å². The number of hydrogen-bond acceptors (Lipinski definition) is 6. The standard InChI is InChI=1S/C25H52O6S2.2Na/c26-32(27,28)24-22-20-18-16-14-12-10-8-6-4-2-1-3-5-7-9-11-13-15-17-19-21-23-25-33(29,30)31;;/h1-25H2,(H,26,27,28)(H,29,30,31);;/q;2*+1/p-2. The molecule has 0 heterocycles. The smallest absolute Gasteiger partial charge is 0.748 e. The Morgan fingerprint density at radius 1 is 0.286 bits per heavy atom. The molecule has 0 aromatic heterocycles. The topological polar surface area (TPSA) is 114 Å². The maximum absolute atomic E-state index is 10.5. The molecule has 10 heteroatoms. The van der Waals surface area contributed by atoms with Gasteiger partial charge in [-0.25, -0.2) is 16.8 Å². The van der Waals surface area contributed by atoms with Crippen LogP contribution in [-0.2, 0) is 20.2 Å². The molecule has 0 saturated heterocycles. The molecule has 0 aliphatic heterocycles. The summed E-state index contributed by atoms with van der Waals surface area (Å²) in [7, 11) is -8.05. The van der Waals surface area contributed by atoms with E-state index in [0.29, 0.717) is 12.8 Å². The Morgan fingerprint density at radius 2 is 0.400 bits per heavy atom. The number of rotatable bonds is 26. The summed E-state index contributed by atoms with van der Waals surface area (Å²) in [5.41, 5.74) is 0.